The van der Waals surface area contributed by atoms with Gasteiger partial charge in [-0.15, -0.1) is 22.7 Å². The van der Waals surface area contributed by atoms with Crippen LogP contribution in [-0.2, 0) is 24.1 Å². The Labute approximate surface area is 141 Å². The minimum atomic E-state index is -0.345. The molecule has 0 saturated carbocycles. The number of aromatic nitrogens is 1. The zero-order chi connectivity index (χ0) is 16.8. The van der Waals surface area contributed by atoms with Gasteiger partial charge in [0.1, 0.15) is 0 Å². The summed E-state index contributed by atoms with van der Waals surface area (Å²) < 4.78 is 0. The van der Waals surface area contributed by atoms with Gasteiger partial charge in [0.15, 0.2) is 11.0 Å². The average molecular weight is 351 g/mol. The summed E-state index contributed by atoms with van der Waals surface area (Å²) in [6.45, 7) is 0. The van der Waals surface area contributed by atoms with Gasteiger partial charge in [-0.05, 0) is 25.0 Å². The molecule has 0 radical (unpaired) electrons. The number of thiazole rings is 1. The predicted octanol–water partition coefficient (Wildman–Crippen LogP) is 0.902. The van der Waals surface area contributed by atoms with Gasteiger partial charge in [-0.25, -0.2) is 4.98 Å². The summed E-state index contributed by atoms with van der Waals surface area (Å²) in [4.78, 5) is 29.4. The number of hydrogen-bond donors (Lipinski definition) is 4. The predicted molar refractivity (Wildman–Crippen MR) is 91.0 cm³/mol. The first-order valence-corrected chi connectivity index (χ1v) is 8.55. The highest BCUT2D eigenvalue weighted by atomic mass is 32.1. The van der Waals surface area contributed by atoms with Crippen molar-refractivity contribution in [3.05, 3.63) is 38.0 Å². The van der Waals surface area contributed by atoms with E-state index >= 15 is 0 Å². The van der Waals surface area contributed by atoms with Crippen LogP contribution >= 0.6 is 22.7 Å². The van der Waals surface area contributed by atoms with Gasteiger partial charge >= 0.3 is 0 Å². The molecular weight excluding hydrogens is 334 g/mol. The average Bonchev–Trinajstić information content (AvgIpc) is 3.12. The molecule has 0 spiro atoms. The summed E-state index contributed by atoms with van der Waals surface area (Å²) in [7, 11) is 1.58. The standard InChI is InChI=1S/C14H17N5O2S2/c1-17-12(21)13-18-8(7-22-13)2-3-9-4-5-10(23-9)6-11(20)19-14(15)16/h4-5,7H,2-3,6H2,1H3,(H,17,21)(H4,15,16,19,20). The fraction of sp³-hybridized carbons (Fsp3) is 0.286. The van der Waals surface area contributed by atoms with E-state index in [9.17, 15) is 9.59 Å². The van der Waals surface area contributed by atoms with E-state index in [-0.39, 0.29) is 24.2 Å². The van der Waals surface area contributed by atoms with Crippen LogP contribution in [-0.4, -0.2) is 29.8 Å². The molecule has 2 heterocycles. The van der Waals surface area contributed by atoms with Gasteiger partial charge < -0.3 is 11.1 Å². The Morgan fingerprint density at radius 1 is 1.30 bits per heavy atom. The van der Waals surface area contributed by atoms with Gasteiger partial charge in [0.2, 0.25) is 5.91 Å². The first kappa shape index (κ1) is 17.1. The highest BCUT2D eigenvalue weighted by Gasteiger charge is 2.10. The molecule has 0 aliphatic heterocycles. The Morgan fingerprint density at radius 3 is 2.74 bits per heavy atom. The van der Waals surface area contributed by atoms with Gasteiger partial charge in [0.25, 0.3) is 5.91 Å². The van der Waals surface area contributed by atoms with Crippen molar-refractivity contribution >= 4 is 40.4 Å². The van der Waals surface area contributed by atoms with Gasteiger partial charge in [0, 0.05) is 22.2 Å². The second-order valence-corrected chi connectivity index (χ2v) is 6.84. The molecule has 0 unspecified atom stereocenters. The topological polar surface area (TPSA) is 121 Å². The maximum atomic E-state index is 11.5. The number of carbonyl (C=O) groups excluding carboxylic acids is 2. The molecule has 9 heteroatoms. The fourth-order valence-corrected chi connectivity index (χ4v) is 3.70. The van der Waals surface area contributed by atoms with Crippen molar-refractivity contribution in [1.82, 2.24) is 15.6 Å². The van der Waals surface area contributed by atoms with Crippen molar-refractivity contribution in [2.75, 3.05) is 7.05 Å². The van der Waals surface area contributed by atoms with E-state index in [0.717, 1.165) is 28.3 Å². The van der Waals surface area contributed by atoms with Crippen LogP contribution in [0.15, 0.2) is 17.5 Å². The second kappa shape index (κ2) is 7.84. The third-order valence-electron chi connectivity index (χ3n) is 2.93. The summed E-state index contributed by atoms with van der Waals surface area (Å²) in [6, 6.07) is 3.88. The van der Waals surface area contributed by atoms with E-state index in [4.69, 9.17) is 11.1 Å². The minimum absolute atomic E-state index is 0.170. The van der Waals surface area contributed by atoms with Crippen molar-refractivity contribution < 1.29 is 9.59 Å². The quantitative estimate of drug-likeness (QED) is 0.456. The van der Waals surface area contributed by atoms with E-state index in [1.54, 1.807) is 18.4 Å². The molecule has 2 aromatic heterocycles. The molecule has 2 rings (SSSR count). The summed E-state index contributed by atoms with van der Waals surface area (Å²) in [5.74, 6) is -0.806. The molecule has 2 amide bonds. The maximum absolute atomic E-state index is 11.5. The van der Waals surface area contributed by atoms with Gasteiger partial charge in [0.05, 0.1) is 12.1 Å². The van der Waals surface area contributed by atoms with E-state index in [2.05, 4.69) is 15.6 Å². The third kappa shape index (κ3) is 5.15. The highest BCUT2D eigenvalue weighted by Crippen LogP contribution is 2.20. The van der Waals surface area contributed by atoms with Crippen molar-refractivity contribution in [2.45, 2.75) is 19.3 Å². The Bertz CT molecular complexity index is 722. The lowest BCUT2D eigenvalue weighted by Crippen LogP contribution is -2.36. The molecule has 122 valence electrons. The number of amides is 2. The molecule has 0 aromatic carbocycles. The van der Waals surface area contributed by atoms with Crippen LogP contribution in [0.25, 0.3) is 0 Å². The number of thiophene rings is 1. The van der Waals surface area contributed by atoms with Gasteiger partial charge in [-0.3, -0.25) is 20.3 Å². The fourth-order valence-electron chi connectivity index (χ4n) is 1.89. The highest BCUT2D eigenvalue weighted by molar-refractivity contribution is 7.12. The Morgan fingerprint density at radius 2 is 2.04 bits per heavy atom. The molecule has 0 saturated heterocycles. The number of nitrogens with one attached hydrogen (secondary N) is 3. The summed E-state index contributed by atoms with van der Waals surface area (Å²) in [5, 5.41) is 14.2. The Balaban J connectivity index is 1.87. The first-order valence-electron chi connectivity index (χ1n) is 6.86. The number of hydrogen-bond acceptors (Lipinski definition) is 6. The molecule has 0 bridgehead atoms. The molecule has 2 aromatic rings. The van der Waals surface area contributed by atoms with E-state index in [1.807, 2.05) is 17.5 Å². The lowest BCUT2D eigenvalue weighted by atomic mass is 10.2. The Hall–Kier alpha value is -2.26. The van der Waals surface area contributed by atoms with Crippen molar-refractivity contribution in [1.29, 1.82) is 5.41 Å². The smallest absolute Gasteiger partial charge is 0.280 e. The SMILES string of the molecule is CNC(=O)c1nc(CCc2ccc(CC(=O)NC(=N)N)s2)cs1. The monoisotopic (exact) mass is 351 g/mol. The number of carbonyl (C=O) groups is 2. The zero-order valence-electron chi connectivity index (χ0n) is 12.5. The number of rotatable bonds is 6. The van der Waals surface area contributed by atoms with Crippen LogP contribution in [0.2, 0.25) is 0 Å². The van der Waals surface area contributed by atoms with Crippen molar-refractivity contribution in [3.8, 4) is 0 Å². The molecule has 23 heavy (non-hydrogen) atoms. The molecular formula is C14H17N5O2S2. The number of guanidine groups is 1. The third-order valence-corrected chi connectivity index (χ3v) is 4.96. The molecule has 0 fully saturated rings. The summed E-state index contributed by atoms with van der Waals surface area (Å²) in [5.41, 5.74) is 6.00. The second-order valence-electron chi connectivity index (χ2n) is 4.73. The van der Waals surface area contributed by atoms with Crippen LogP contribution in [0.5, 0.6) is 0 Å². The first-order chi connectivity index (χ1) is 11.0. The lowest BCUT2D eigenvalue weighted by molar-refractivity contribution is -0.119. The van der Waals surface area contributed by atoms with Crippen molar-refractivity contribution in [2.24, 2.45) is 5.73 Å². The van der Waals surface area contributed by atoms with Crippen molar-refractivity contribution in [3.63, 3.8) is 0 Å². The largest absolute Gasteiger partial charge is 0.370 e. The van der Waals surface area contributed by atoms with Gasteiger partial charge in [-0.2, -0.15) is 0 Å². The normalized spacial score (nSPS) is 10.3. The maximum Gasteiger partial charge on any atom is 0.280 e. The number of nitrogens with zero attached hydrogens (tertiary/aromatic N) is 1. The van der Waals surface area contributed by atoms with Gasteiger partial charge in [-0.1, -0.05) is 0 Å². The van der Waals surface area contributed by atoms with Crippen LogP contribution in [0.4, 0.5) is 0 Å². The van der Waals surface area contributed by atoms with E-state index in [0.29, 0.717) is 5.01 Å². The summed E-state index contributed by atoms with van der Waals surface area (Å²) in [6.07, 6.45) is 1.75. The van der Waals surface area contributed by atoms with E-state index < -0.39 is 0 Å². The molecule has 7 nitrogen and oxygen atoms in total. The van der Waals surface area contributed by atoms with Crippen LogP contribution < -0.4 is 16.4 Å². The van der Waals surface area contributed by atoms with Crippen LogP contribution in [0.1, 0.15) is 25.3 Å². The number of aryl methyl sites for hydroxylation is 2. The molecule has 0 aliphatic carbocycles. The van der Waals surface area contributed by atoms with Crippen LogP contribution in [0, 0.1) is 5.41 Å². The lowest BCUT2D eigenvalue weighted by Gasteiger charge is -2.00. The molecule has 5 N–H and O–H groups in total. The molecule has 0 aliphatic rings. The van der Waals surface area contributed by atoms with Crippen LogP contribution in [0.3, 0.4) is 0 Å². The Kier molecular flexibility index (Phi) is 5.83. The molecule has 0 atom stereocenters. The summed E-state index contributed by atoms with van der Waals surface area (Å²) >= 11 is 2.88. The zero-order valence-corrected chi connectivity index (χ0v) is 14.1. The number of nitrogens with two attached hydrogens (primary N) is 1. The minimum Gasteiger partial charge on any atom is -0.370 e. The van der Waals surface area contributed by atoms with E-state index in [1.165, 1.54) is 11.3 Å².